The molecule has 1 aliphatic heterocycles. The second-order valence-corrected chi connectivity index (χ2v) is 4.83. The van der Waals surface area contributed by atoms with Crippen molar-refractivity contribution in [3.63, 3.8) is 0 Å². The molecule has 0 bridgehead atoms. The van der Waals surface area contributed by atoms with Crippen molar-refractivity contribution >= 4 is 46.7 Å². The number of nitrogens with one attached hydrogen (secondary N) is 1. The maximum Gasteiger partial charge on any atom is 0.272 e. The zero-order valence-electron chi connectivity index (χ0n) is 9.93. The number of rotatable bonds is 1. The molecule has 1 aromatic rings. The van der Waals surface area contributed by atoms with Crippen molar-refractivity contribution in [2.45, 2.75) is 13.0 Å². The van der Waals surface area contributed by atoms with Crippen LogP contribution >= 0.6 is 40.7 Å². The van der Waals surface area contributed by atoms with E-state index in [1.165, 1.54) is 0 Å². The maximum atomic E-state index is 12.1. The highest BCUT2D eigenvalue weighted by molar-refractivity contribution is 9.10. The van der Waals surface area contributed by atoms with Gasteiger partial charge in [0.15, 0.2) is 0 Å². The molecule has 1 amide bonds. The third-order valence-corrected chi connectivity index (χ3v) is 3.18. The van der Waals surface area contributed by atoms with Gasteiger partial charge in [-0.1, -0.05) is 0 Å². The molecule has 1 atom stereocenters. The van der Waals surface area contributed by atoms with Crippen LogP contribution in [0.25, 0.3) is 0 Å². The third-order valence-electron chi connectivity index (χ3n) is 2.71. The fraction of sp³-hybridized carbons (Fsp3) is 0.455. The summed E-state index contributed by atoms with van der Waals surface area (Å²) in [5.74, 6) is 0.0153. The summed E-state index contributed by atoms with van der Waals surface area (Å²) in [5, 5.41) is 3.26. The number of aromatic nitrogens is 1. The SMILES string of the molecule is C[C@@H]1CNCCN1C(=O)c1ccc(Br)cn1.Cl.Cl. The van der Waals surface area contributed by atoms with Gasteiger partial charge in [0.2, 0.25) is 0 Å². The number of nitrogens with zero attached hydrogens (tertiary/aromatic N) is 2. The van der Waals surface area contributed by atoms with Crippen LogP contribution in [-0.4, -0.2) is 41.5 Å². The maximum absolute atomic E-state index is 12.1. The van der Waals surface area contributed by atoms with Crippen molar-refractivity contribution in [2.75, 3.05) is 19.6 Å². The van der Waals surface area contributed by atoms with Crippen LogP contribution in [0.5, 0.6) is 0 Å². The van der Waals surface area contributed by atoms with Gasteiger partial charge in [-0.15, -0.1) is 24.8 Å². The number of piperazine rings is 1. The minimum Gasteiger partial charge on any atom is -0.332 e. The van der Waals surface area contributed by atoms with Gasteiger partial charge in [0.25, 0.3) is 5.91 Å². The van der Waals surface area contributed by atoms with Crippen LogP contribution in [0.1, 0.15) is 17.4 Å². The quantitative estimate of drug-likeness (QED) is 0.838. The lowest BCUT2D eigenvalue weighted by Gasteiger charge is -2.33. The summed E-state index contributed by atoms with van der Waals surface area (Å²) < 4.78 is 0.886. The number of hydrogen-bond donors (Lipinski definition) is 1. The summed E-state index contributed by atoms with van der Waals surface area (Å²) in [6.45, 7) is 4.50. The average molecular weight is 357 g/mol. The van der Waals surface area contributed by atoms with E-state index in [0.29, 0.717) is 5.69 Å². The van der Waals surface area contributed by atoms with Crippen LogP contribution in [0.3, 0.4) is 0 Å². The van der Waals surface area contributed by atoms with Crippen molar-refractivity contribution in [1.82, 2.24) is 15.2 Å². The van der Waals surface area contributed by atoms with Gasteiger partial charge < -0.3 is 10.2 Å². The smallest absolute Gasteiger partial charge is 0.272 e. The predicted molar refractivity (Wildman–Crippen MR) is 79.8 cm³/mol. The Morgan fingerprint density at radius 3 is 2.78 bits per heavy atom. The lowest BCUT2D eigenvalue weighted by molar-refractivity contribution is 0.0649. The van der Waals surface area contributed by atoms with Crippen molar-refractivity contribution in [2.24, 2.45) is 0 Å². The summed E-state index contributed by atoms with van der Waals surface area (Å²) in [7, 11) is 0. The number of hydrogen-bond acceptors (Lipinski definition) is 3. The van der Waals surface area contributed by atoms with Gasteiger partial charge >= 0.3 is 0 Å². The molecular formula is C11H16BrCl2N3O. The first kappa shape index (κ1) is 17.6. The molecule has 102 valence electrons. The highest BCUT2D eigenvalue weighted by atomic mass is 79.9. The van der Waals surface area contributed by atoms with Gasteiger partial charge in [0.05, 0.1) is 0 Å². The summed E-state index contributed by atoms with van der Waals surface area (Å²) in [4.78, 5) is 18.1. The Morgan fingerprint density at radius 2 is 2.22 bits per heavy atom. The first-order valence-corrected chi connectivity index (χ1v) is 6.11. The van der Waals surface area contributed by atoms with E-state index in [4.69, 9.17) is 0 Å². The summed E-state index contributed by atoms with van der Waals surface area (Å²) in [6.07, 6.45) is 1.65. The minimum atomic E-state index is 0. The van der Waals surface area contributed by atoms with Crippen LogP contribution in [0.4, 0.5) is 0 Å². The Hall–Kier alpha value is -0.360. The molecule has 18 heavy (non-hydrogen) atoms. The van der Waals surface area contributed by atoms with Gasteiger partial charge in [-0.3, -0.25) is 4.79 Å². The highest BCUT2D eigenvalue weighted by Gasteiger charge is 2.24. The molecule has 0 radical (unpaired) electrons. The Kier molecular flexibility index (Phi) is 7.78. The average Bonchev–Trinajstić information content (AvgIpc) is 2.30. The molecule has 2 heterocycles. The second-order valence-electron chi connectivity index (χ2n) is 3.91. The molecule has 7 heteroatoms. The van der Waals surface area contributed by atoms with Crippen LogP contribution < -0.4 is 5.32 Å². The van der Waals surface area contributed by atoms with Crippen LogP contribution in [0.15, 0.2) is 22.8 Å². The highest BCUT2D eigenvalue weighted by Crippen LogP contribution is 2.11. The summed E-state index contributed by atoms with van der Waals surface area (Å²) in [6, 6.07) is 3.82. The van der Waals surface area contributed by atoms with Gasteiger partial charge in [0.1, 0.15) is 5.69 Å². The van der Waals surface area contributed by atoms with Crippen molar-refractivity contribution in [1.29, 1.82) is 0 Å². The topological polar surface area (TPSA) is 45.2 Å². The molecule has 1 aromatic heterocycles. The first-order valence-electron chi connectivity index (χ1n) is 5.32. The van der Waals surface area contributed by atoms with E-state index in [-0.39, 0.29) is 36.8 Å². The Labute approximate surface area is 127 Å². The van der Waals surface area contributed by atoms with E-state index in [9.17, 15) is 4.79 Å². The second kappa shape index (κ2) is 7.94. The Bertz CT molecular complexity index is 388. The third kappa shape index (κ3) is 4.09. The van der Waals surface area contributed by atoms with Crippen molar-refractivity contribution in [3.8, 4) is 0 Å². The van der Waals surface area contributed by atoms with Crippen molar-refractivity contribution in [3.05, 3.63) is 28.5 Å². The normalized spacial score (nSPS) is 18.6. The molecule has 0 aromatic carbocycles. The Balaban J connectivity index is 0.00000144. The van der Waals surface area contributed by atoms with E-state index < -0.39 is 0 Å². The molecule has 0 aliphatic carbocycles. The van der Waals surface area contributed by atoms with Crippen LogP contribution in [0.2, 0.25) is 0 Å². The first-order chi connectivity index (χ1) is 7.68. The van der Waals surface area contributed by atoms with E-state index in [1.807, 2.05) is 17.9 Å². The molecule has 2 rings (SSSR count). The lowest BCUT2D eigenvalue weighted by Crippen LogP contribution is -2.52. The van der Waals surface area contributed by atoms with E-state index in [0.717, 1.165) is 24.1 Å². The fourth-order valence-corrected chi connectivity index (χ4v) is 2.03. The zero-order valence-corrected chi connectivity index (χ0v) is 13.1. The number of halogens is 3. The standard InChI is InChI=1S/C11H14BrN3O.2ClH/c1-8-6-13-4-5-15(8)11(16)10-3-2-9(12)7-14-10;;/h2-3,7-8,13H,4-6H2,1H3;2*1H/t8-;;/m1../s1. The number of carbonyl (C=O) groups is 1. The minimum absolute atomic E-state index is 0. The molecule has 1 saturated heterocycles. The molecule has 1 fully saturated rings. The molecule has 0 unspecified atom stereocenters. The largest absolute Gasteiger partial charge is 0.332 e. The van der Waals surface area contributed by atoms with E-state index >= 15 is 0 Å². The van der Waals surface area contributed by atoms with E-state index in [2.05, 4.69) is 26.2 Å². The number of carbonyl (C=O) groups excluding carboxylic acids is 1. The molecule has 1 aliphatic rings. The summed E-state index contributed by atoms with van der Waals surface area (Å²) in [5.41, 5.74) is 0.511. The van der Waals surface area contributed by atoms with Gasteiger partial charge in [0, 0.05) is 36.3 Å². The molecule has 0 spiro atoms. The molecule has 1 N–H and O–H groups in total. The molecule has 0 saturated carbocycles. The van der Waals surface area contributed by atoms with E-state index in [1.54, 1.807) is 12.3 Å². The molecular weight excluding hydrogens is 341 g/mol. The van der Waals surface area contributed by atoms with Gasteiger partial charge in [-0.05, 0) is 35.0 Å². The van der Waals surface area contributed by atoms with Crippen molar-refractivity contribution < 1.29 is 4.79 Å². The van der Waals surface area contributed by atoms with Crippen LogP contribution in [0, 0.1) is 0 Å². The van der Waals surface area contributed by atoms with Crippen LogP contribution in [-0.2, 0) is 0 Å². The predicted octanol–water partition coefficient (Wildman–Crippen LogP) is 2.12. The summed E-state index contributed by atoms with van der Waals surface area (Å²) >= 11 is 3.31. The molecule has 4 nitrogen and oxygen atoms in total. The zero-order chi connectivity index (χ0) is 11.5. The lowest BCUT2D eigenvalue weighted by atomic mass is 10.2. The number of pyridine rings is 1. The Morgan fingerprint density at radius 1 is 1.50 bits per heavy atom. The van der Waals surface area contributed by atoms with Gasteiger partial charge in [-0.25, -0.2) is 4.98 Å². The fourth-order valence-electron chi connectivity index (χ4n) is 1.79. The van der Waals surface area contributed by atoms with Gasteiger partial charge in [-0.2, -0.15) is 0 Å². The monoisotopic (exact) mass is 355 g/mol. The number of amides is 1.